The minimum atomic E-state index is -2.23. The summed E-state index contributed by atoms with van der Waals surface area (Å²) >= 11 is 0. The van der Waals surface area contributed by atoms with Gasteiger partial charge in [0.15, 0.2) is 5.79 Å². The second-order valence-corrected chi connectivity index (χ2v) is 9.37. The van der Waals surface area contributed by atoms with Crippen LogP contribution in [0.2, 0.25) is 0 Å². The Hall–Kier alpha value is -2.57. The summed E-state index contributed by atoms with van der Waals surface area (Å²) in [5, 5.41) is 30.2. The lowest BCUT2D eigenvalue weighted by Crippen LogP contribution is -2.84. The van der Waals surface area contributed by atoms with Crippen LogP contribution in [0.25, 0.3) is 0 Å². The molecule has 1 aromatic rings. The Bertz CT molecular complexity index is 971. The molecule has 11 nitrogen and oxygen atoms in total. The molecule has 0 radical (unpaired) electrons. The zero-order valence-electron chi connectivity index (χ0n) is 18.7. The molecule has 11 heteroatoms. The van der Waals surface area contributed by atoms with Crippen LogP contribution in [0.1, 0.15) is 37.6 Å². The van der Waals surface area contributed by atoms with Crippen molar-refractivity contribution in [2.75, 3.05) is 25.1 Å². The van der Waals surface area contributed by atoms with Crippen molar-refractivity contribution in [1.82, 2.24) is 10.6 Å². The van der Waals surface area contributed by atoms with E-state index in [-0.39, 0.29) is 26.2 Å². The highest BCUT2D eigenvalue weighted by molar-refractivity contribution is 6.01. The van der Waals surface area contributed by atoms with Gasteiger partial charge in [0.05, 0.1) is 13.2 Å². The quantitative estimate of drug-likeness (QED) is 0.351. The highest BCUT2D eigenvalue weighted by atomic mass is 16.8. The highest BCUT2D eigenvalue weighted by Gasteiger charge is 2.66. The predicted octanol–water partition coefficient (Wildman–Crippen LogP) is -0.519. The van der Waals surface area contributed by atoms with Crippen LogP contribution >= 0.6 is 0 Å². The van der Waals surface area contributed by atoms with Gasteiger partial charge >= 0.3 is 0 Å². The summed E-state index contributed by atoms with van der Waals surface area (Å²) in [5.74, 6) is -3.56. The monoisotopic (exact) mass is 463 g/mol. The third kappa shape index (κ3) is 4.00. The Labute approximate surface area is 190 Å². The van der Waals surface area contributed by atoms with Crippen LogP contribution in [-0.2, 0) is 23.8 Å². The van der Waals surface area contributed by atoms with E-state index in [0.29, 0.717) is 17.5 Å². The van der Waals surface area contributed by atoms with Crippen molar-refractivity contribution in [1.29, 1.82) is 0 Å². The first-order valence-electron chi connectivity index (χ1n) is 10.8. The lowest BCUT2D eigenvalue weighted by Gasteiger charge is -2.51. The van der Waals surface area contributed by atoms with Crippen LogP contribution < -0.4 is 16.0 Å². The minimum absolute atomic E-state index is 0.0336. The van der Waals surface area contributed by atoms with E-state index in [2.05, 4.69) is 16.0 Å². The molecule has 4 fully saturated rings. The molecule has 5 N–H and O–H groups in total. The van der Waals surface area contributed by atoms with Gasteiger partial charge in [-0.25, -0.2) is 0 Å². The van der Waals surface area contributed by atoms with Gasteiger partial charge in [0, 0.05) is 23.7 Å². The summed E-state index contributed by atoms with van der Waals surface area (Å²) in [6, 6.07) is 6.71. The van der Waals surface area contributed by atoms with Crippen molar-refractivity contribution < 1.29 is 38.8 Å². The number of rotatable bonds is 6. The molecule has 4 heterocycles. The molecule has 0 saturated carbocycles. The summed E-state index contributed by atoms with van der Waals surface area (Å²) in [5.41, 5.74) is -4.65. The summed E-state index contributed by atoms with van der Waals surface area (Å²) in [6.45, 7) is 4.93. The van der Waals surface area contributed by atoms with E-state index in [4.69, 9.17) is 14.2 Å². The molecule has 33 heavy (non-hydrogen) atoms. The summed E-state index contributed by atoms with van der Waals surface area (Å²) < 4.78 is 17.2. The van der Waals surface area contributed by atoms with Crippen molar-refractivity contribution in [3.8, 4) is 0 Å². The maximum Gasteiger partial charge on any atom is 0.278 e. The van der Waals surface area contributed by atoms with Gasteiger partial charge in [0.25, 0.3) is 17.5 Å². The van der Waals surface area contributed by atoms with Gasteiger partial charge in [-0.3, -0.25) is 14.4 Å². The van der Waals surface area contributed by atoms with Crippen LogP contribution in [0, 0.1) is 5.92 Å². The summed E-state index contributed by atoms with van der Waals surface area (Å²) in [6.07, 6.45) is -0.720. The first kappa shape index (κ1) is 23.6. The molecular formula is C22H29N3O8. The van der Waals surface area contributed by atoms with Crippen LogP contribution in [0.3, 0.4) is 0 Å². The average molecular weight is 463 g/mol. The molecule has 0 spiro atoms. The number of aliphatic hydroxyl groups excluding tert-OH is 1. The fourth-order valence-corrected chi connectivity index (χ4v) is 4.59. The third-order valence-corrected chi connectivity index (χ3v) is 6.40. The number of carbonyl (C=O) groups excluding carboxylic acids is 3. The molecule has 4 aliphatic heterocycles. The lowest BCUT2D eigenvalue weighted by atomic mass is 9.82. The van der Waals surface area contributed by atoms with Crippen molar-refractivity contribution in [2.45, 2.75) is 56.1 Å². The molecule has 5 atom stereocenters. The molecule has 1 unspecified atom stereocenters. The second-order valence-electron chi connectivity index (χ2n) is 9.37. The van der Waals surface area contributed by atoms with Crippen molar-refractivity contribution >= 4 is 23.8 Å². The van der Waals surface area contributed by atoms with Crippen LogP contribution in [-0.4, -0.2) is 77.0 Å². The average Bonchev–Trinajstić information content (AvgIpc) is 3.06. The van der Waals surface area contributed by atoms with Crippen molar-refractivity contribution in [3.05, 3.63) is 29.8 Å². The Balaban J connectivity index is 1.55. The van der Waals surface area contributed by atoms with Crippen LogP contribution in [0.5, 0.6) is 0 Å². The van der Waals surface area contributed by atoms with Crippen molar-refractivity contribution in [2.24, 2.45) is 5.92 Å². The van der Waals surface area contributed by atoms with Crippen LogP contribution in [0.15, 0.2) is 24.3 Å². The maximum absolute atomic E-state index is 13.2. The van der Waals surface area contributed by atoms with Gasteiger partial charge in [0.2, 0.25) is 5.72 Å². The molecule has 4 saturated heterocycles. The molecule has 5 rings (SSSR count). The molecule has 1 aromatic carbocycles. The van der Waals surface area contributed by atoms with Gasteiger partial charge in [-0.15, -0.1) is 0 Å². The van der Waals surface area contributed by atoms with Gasteiger partial charge in [0.1, 0.15) is 18.0 Å². The maximum atomic E-state index is 13.2. The number of nitrogens with one attached hydrogen (secondary N) is 3. The Morgan fingerprint density at radius 3 is 2.64 bits per heavy atom. The summed E-state index contributed by atoms with van der Waals surface area (Å²) in [4.78, 5) is 37.2. The first-order chi connectivity index (χ1) is 15.4. The van der Waals surface area contributed by atoms with E-state index in [9.17, 15) is 24.6 Å². The van der Waals surface area contributed by atoms with E-state index in [1.807, 2.05) is 0 Å². The number of fused-ring (bicyclic) bond motifs is 5. The molecule has 2 amide bonds. The van der Waals surface area contributed by atoms with Gasteiger partial charge < -0.3 is 40.4 Å². The lowest BCUT2D eigenvalue weighted by molar-refractivity contribution is -0.247. The van der Waals surface area contributed by atoms with E-state index in [1.54, 1.807) is 45.0 Å². The molecule has 0 aromatic heterocycles. The number of aliphatic hydroxyl groups is 2. The number of hydrogen-bond acceptors (Lipinski definition) is 9. The number of piperazine rings is 1. The standard InChI is InChI=1S/C22H29N3O8/c1-19(2)32-12-20(3,33-19)16(27)22-18(29)24-21(30,17(28)25-22)14(7-8-31-22)10-23-15-6-4-5-13(9-15)11-26/h4-6,9,11,14,16,23,27,30H,7-8,10,12H2,1-3H3,(H,24,29)(H,25,28)/t14?,16-,20-,21+,22-/m0/s1. The topological polar surface area (TPSA) is 155 Å². The number of ether oxygens (including phenoxy) is 3. The first-order valence-corrected chi connectivity index (χ1v) is 10.8. The minimum Gasteiger partial charge on any atom is -0.385 e. The smallest absolute Gasteiger partial charge is 0.278 e. The number of aldehydes is 1. The number of carbonyl (C=O) groups is 3. The molecular weight excluding hydrogens is 434 g/mol. The molecule has 180 valence electrons. The Kier molecular flexibility index (Phi) is 5.74. The van der Waals surface area contributed by atoms with E-state index >= 15 is 0 Å². The molecule has 2 bridgehead atoms. The van der Waals surface area contributed by atoms with Crippen LogP contribution in [0.4, 0.5) is 5.69 Å². The summed E-state index contributed by atoms with van der Waals surface area (Å²) in [7, 11) is 0. The Morgan fingerprint density at radius 1 is 1.21 bits per heavy atom. The fourth-order valence-electron chi connectivity index (χ4n) is 4.59. The third-order valence-electron chi connectivity index (χ3n) is 6.40. The molecule has 4 aliphatic rings. The second kappa shape index (κ2) is 8.03. The SMILES string of the molecule is CC1(C)OC[C@@](C)([C@H](O)[C@@]23NC(=O)[C@@](O)(NC2=O)C(CNc2cccc(C=O)c2)CCO3)O1. The van der Waals surface area contributed by atoms with Crippen molar-refractivity contribution in [3.63, 3.8) is 0 Å². The van der Waals surface area contributed by atoms with Gasteiger partial charge in [-0.05, 0) is 39.3 Å². The molecule has 0 aliphatic carbocycles. The predicted molar refractivity (Wildman–Crippen MR) is 114 cm³/mol. The normalized spacial score (nSPS) is 36.3. The largest absolute Gasteiger partial charge is 0.385 e. The van der Waals surface area contributed by atoms with E-state index < -0.39 is 46.7 Å². The fraction of sp³-hybridized carbons (Fsp3) is 0.591. The number of hydrogen-bond donors (Lipinski definition) is 5. The number of amides is 2. The Morgan fingerprint density at radius 2 is 1.97 bits per heavy atom. The highest BCUT2D eigenvalue weighted by Crippen LogP contribution is 2.40. The van der Waals surface area contributed by atoms with E-state index in [0.717, 1.165) is 0 Å². The van der Waals surface area contributed by atoms with Gasteiger partial charge in [-0.2, -0.15) is 0 Å². The zero-order chi connectivity index (χ0) is 24.1. The van der Waals surface area contributed by atoms with E-state index in [1.165, 1.54) is 0 Å². The zero-order valence-corrected chi connectivity index (χ0v) is 18.7. The number of benzene rings is 1. The number of anilines is 1. The van der Waals surface area contributed by atoms with Gasteiger partial charge in [-0.1, -0.05) is 12.1 Å².